The summed E-state index contributed by atoms with van der Waals surface area (Å²) in [5.74, 6) is -1.59. The van der Waals surface area contributed by atoms with Crippen molar-refractivity contribution in [2.75, 3.05) is 27.7 Å². The van der Waals surface area contributed by atoms with Crippen molar-refractivity contribution in [3.63, 3.8) is 0 Å². The van der Waals surface area contributed by atoms with Crippen LogP contribution >= 0.6 is 0 Å². The number of allylic oxidation sites excluding steroid dienone is 1. The van der Waals surface area contributed by atoms with E-state index in [4.69, 9.17) is 4.74 Å². The molecule has 0 aliphatic rings. The maximum absolute atomic E-state index is 11.9. The lowest BCUT2D eigenvalue weighted by Crippen LogP contribution is -2.45. The molecule has 0 aromatic rings. The number of hydrogen-bond acceptors (Lipinski definition) is 5. The largest absolute Gasteiger partial charge is 0.550 e. The van der Waals surface area contributed by atoms with E-state index >= 15 is 0 Å². The Kier molecular flexibility index (Phi) is 13.9. The zero-order valence-electron chi connectivity index (χ0n) is 17.6. The third-order valence-corrected chi connectivity index (χ3v) is 4.16. The second-order valence-electron chi connectivity index (χ2n) is 8.26. The second-order valence-corrected chi connectivity index (χ2v) is 8.26. The van der Waals surface area contributed by atoms with E-state index in [1.807, 2.05) is 33.3 Å². The second kappa shape index (κ2) is 14.6. The molecular formula is C21H39NO5. The molecule has 0 saturated carbocycles. The Morgan fingerprint density at radius 1 is 1.11 bits per heavy atom. The topological polar surface area (TPSA) is 86.7 Å². The number of carboxylic acids is 1. The average molecular weight is 386 g/mol. The molecule has 0 amide bonds. The lowest BCUT2D eigenvalue weighted by atomic mass is 10.1. The number of aliphatic hydroxyl groups excluding tert-OH is 1. The van der Waals surface area contributed by atoms with Crippen molar-refractivity contribution < 1.29 is 29.0 Å². The summed E-state index contributed by atoms with van der Waals surface area (Å²) in [6, 6.07) is 0. The molecule has 0 aliphatic heterocycles. The van der Waals surface area contributed by atoms with Gasteiger partial charge in [0.1, 0.15) is 6.54 Å². The normalized spacial score (nSPS) is 14.3. The fraction of sp³-hybridized carbons (Fsp3) is 0.810. The van der Waals surface area contributed by atoms with Crippen molar-refractivity contribution in [3.8, 4) is 0 Å². The molecule has 2 atom stereocenters. The van der Waals surface area contributed by atoms with Gasteiger partial charge in [-0.15, -0.1) is 0 Å². The number of carboxylic acid groups (broad SMARTS) is 1. The molecule has 6 nitrogen and oxygen atoms in total. The number of unbranched alkanes of at least 4 members (excludes halogenated alkanes) is 4. The standard InChI is InChI=1S/C21H39NO5/c1-5-6-7-10-13-18(23)14-11-8-9-12-15-21(26)27-19(16-20(24)25)17-22(2,3)4/h8,11,18-19,23H,5-7,9-10,12-17H2,1-4H3/b11-8+. The van der Waals surface area contributed by atoms with Crippen LogP contribution in [0.15, 0.2) is 12.2 Å². The quantitative estimate of drug-likeness (QED) is 0.190. The molecule has 0 rings (SSSR count). The summed E-state index contributed by atoms with van der Waals surface area (Å²) >= 11 is 0. The Bertz CT molecular complexity index is 442. The van der Waals surface area contributed by atoms with Crippen LogP contribution in [-0.4, -0.2) is 61.4 Å². The van der Waals surface area contributed by atoms with Crippen LogP contribution in [0.3, 0.4) is 0 Å². The fourth-order valence-corrected chi connectivity index (χ4v) is 2.85. The molecule has 2 unspecified atom stereocenters. The highest BCUT2D eigenvalue weighted by Gasteiger charge is 2.22. The lowest BCUT2D eigenvalue weighted by molar-refractivity contribution is -0.873. The van der Waals surface area contributed by atoms with Crippen LogP contribution in [0.1, 0.15) is 71.1 Å². The van der Waals surface area contributed by atoms with Crippen LogP contribution in [0.5, 0.6) is 0 Å². The number of esters is 1. The molecule has 0 bridgehead atoms. The van der Waals surface area contributed by atoms with Gasteiger partial charge < -0.3 is 24.2 Å². The lowest BCUT2D eigenvalue weighted by Gasteiger charge is -2.29. The zero-order valence-corrected chi connectivity index (χ0v) is 17.6. The monoisotopic (exact) mass is 385 g/mol. The third-order valence-electron chi connectivity index (χ3n) is 4.16. The number of carbonyl (C=O) groups excluding carboxylic acids is 2. The van der Waals surface area contributed by atoms with Crippen molar-refractivity contribution in [2.45, 2.75) is 83.3 Å². The van der Waals surface area contributed by atoms with Gasteiger partial charge in [0.15, 0.2) is 6.10 Å². The Morgan fingerprint density at radius 2 is 1.81 bits per heavy atom. The summed E-state index contributed by atoms with van der Waals surface area (Å²) in [6.45, 7) is 2.60. The number of likely N-dealkylation sites (N-methyl/N-ethyl adjacent to an activating group) is 1. The number of hydrogen-bond donors (Lipinski definition) is 1. The van der Waals surface area contributed by atoms with Crippen LogP contribution in [0.25, 0.3) is 0 Å². The molecule has 27 heavy (non-hydrogen) atoms. The molecule has 0 aliphatic carbocycles. The fourth-order valence-electron chi connectivity index (χ4n) is 2.85. The first-order valence-corrected chi connectivity index (χ1v) is 10.2. The van der Waals surface area contributed by atoms with E-state index in [-0.39, 0.29) is 24.9 Å². The number of carbonyl (C=O) groups is 2. The van der Waals surface area contributed by atoms with Crippen LogP contribution in [0.2, 0.25) is 0 Å². The van der Waals surface area contributed by atoms with Gasteiger partial charge in [-0.05, 0) is 25.7 Å². The Balaban J connectivity index is 3.97. The van der Waals surface area contributed by atoms with Gasteiger partial charge in [0.05, 0.1) is 27.2 Å². The van der Waals surface area contributed by atoms with Crippen LogP contribution in [0, 0.1) is 0 Å². The van der Waals surface area contributed by atoms with E-state index in [2.05, 4.69) is 6.92 Å². The van der Waals surface area contributed by atoms with Crippen molar-refractivity contribution >= 4 is 11.9 Å². The number of rotatable bonds is 16. The first-order valence-electron chi connectivity index (χ1n) is 10.2. The van der Waals surface area contributed by atoms with Crippen molar-refractivity contribution in [3.05, 3.63) is 12.2 Å². The molecule has 0 saturated heterocycles. The van der Waals surface area contributed by atoms with Crippen LogP contribution in [0.4, 0.5) is 0 Å². The highest BCUT2D eigenvalue weighted by atomic mass is 16.5. The molecule has 0 radical (unpaired) electrons. The van der Waals surface area contributed by atoms with Gasteiger partial charge in [-0.2, -0.15) is 0 Å². The first-order chi connectivity index (χ1) is 12.6. The molecule has 0 fully saturated rings. The van der Waals surface area contributed by atoms with Gasteiger partial charge in [-0.25, -0.2) is 0 Å². The van der Waals surface area contributed by atoms with Gasteiger partial charge >= 0.3 is 5.97 Å². The number of ether oxygens (including phenoxy) is 1. The van der Waals surface area contributed by atoms with Crippen molar-refractivity contribution in [1.82, 2.24) is 0 Å². The maximum Gasteiger partial charge on any atom is 0.306 e. The molecule has 1 N–H and O–H groups in total. The first kappa shape index (κ1) is 25.6. The number of aliphatic carboxylic acids is 1. The number of aliphatic hydroxyl groups is 1. The Hall–Kier alpha value is -1.40. The predicted molar refractivity (Wildman–Crippen MR) is 105 cm³/mol. The number of quaternary nitrogens is 1. The number of nitrogens with zero attached hydrogens (tertiary/aromatic N) is 1. The zero-order chi connectivity index (χ0) is 20.7. The molecular weight excluding hydrogens is 346 g/mol. The van der Waals surface area contributed by atoms with E-state index in [0.717, 1.165) is 19.3 Å². The van der Waals surface area contributed by atoms with E-state index in [1.165, 1.54) is 19.3 Å². The van der Waals surface area contributed by atoms with E-state index in [9.17, 15) is 19.8 Å². The minimum absolute atomic E-state index is 0.255. The summed E-state index contributed by atoms with van der Waals surface area (Å²) in [4.78, 5) is 22.8. The third kappa shape index (κ3) is 17.8. The summed E-state index contributed by atoms with van der Waals surface area (Å²) in [6.07, 6.45) is 10.5. The van der Waals surface area contributed by atoms with Gasteiger partial charge in [0.25, 0.3) is 0 Å². The van der Waals surface area contributed by atoms with Crippen LogP contribution < -0.4 is 5.11 Å². The molecule has 0 aromatic heterocycles. The minimum atomic E-state index is -1.21. The van der Waals surface area contributed by atoms with E-state index in [0.29, 0.717) is 23.9 Å². The molecule has 0 spiro atoms. The maximum atomic E-state index is 11.9. The van der Waals surface area contributed by atoms with Gasteiger partial charge in [-0.3, -0.25) is 4.79 Å². The van der Waals surface area contributed by atoms with Gasteiger partial charge in [0, 0.05) is 18.8 Å². The molecule has 158 valence electrons. The summed E-state index contributed by atoms with van der Waals surface area (Å²) in [5.41, 5.74) is 0. The Labute approximate surface area is 164 Å². The minimum Gasteiger partial charge on any atom is -0.550 e. The van der Waals surface area contributed by atoms with E-state index in [1.54, 1.807) is 0 Å². The molecule has 0 aromatic carbocycles. The average Bonchev–Trinajstić information content (AvgIpc) is 2.52. The molecule has 6 heteroatoms. The van der Waals surface area contributed by atoms with Crippen LogP contribution in [-0.2, 0) is 14.3 Å². The summed E-state index contributed by atoms with van der Waals surface area (Å²) in [7, 11) is 5.75. The van der Waals surface area contributed by atoms with Gasteiger partial charge in [0.2, 0.25) is 0 Å². The van der Waals surface area contributed by atoms with Gasteiger partial charge in [-0.1, -0.05) is 44.8 Å². The van der Waals surface area contributed by atoms with E-state index < -0.39 is 12.1 Å². The Morgan fingerprint density at radius 3 is 2.41 bits per heavy atom. The predicted octanol–water partition coefficient (Wildman–Crippen LogP) is 2.19. The summed E-state index contributed by atoms with van der Waals surface area (Å²) in [5, 5.41) is 20.7. The highest BCUT2D eigenvalue weighted by Crippen LogP contribution is 2.10. The SMILES string of the molecule is CCCCCCC(O)C/C=C/CCCC(=O)OC(CC(=O)[O-])C[N+](C)(C)C. The highest BCUT2D eigenvalue weighted by molar-refractivity contribution is 5.70. The summed E-state index contributed by atoms with van der Waals surface area (Å²) < 4.78 is 5.82. The smallest absolute Gasteiger partial charge is 0.306 e. The van der Waals surface area contributed by atoms with Crippen molar-refractivity contribution in [1.29, 1.82) is 0 Å². The van der Waals surface area contributed by atoms with Crippen molar-refractivity contribution in [2.24, 2.45) is 0 Å². The molecule has 0 heterocycles.